The fraction of sp³-hybridized carbons (Fsp3) is 0.312. The zero-order valence-corrected chi connectivity index (χ0v) is 14.2. The molecule has 0 saturated carbocycles. The summed E-state index contributed by atoms with van der Waals surface area (Å²) in [5.41, 5.74) is 1.07. The summed E-state index contributed by atoms with van der Waals surface area (Å²) >= 11 is 0. The van der Waals surface area contributed by atoms with Crippen LogP contribution in [0.2, 0.25) is 0 Å². The molecule has 0 aliphatic rings. The lowest BCUT2D eigenvalue weighted by atomic mass is 10.2. The Hall–Kier alpha value is -2.94. The molecule has 0 unspecified atom stereocenters. The van der Waals surface area contributed by atoms with Crippen LogP contribution in [-0.2, 0) is 16.6 Å². The molecule has 0 bridgehead atoms. The summed E-state index contributed by atoms with van der Waals surface area (Å²) < 4.78 is 20.6. The van der Waals surface area contributed by atoms with E-state index in [0.717, 1.165) is 11.8 Å². The number of halogens is 1. The second-order valence-electron chi connectivity index (χ2n) is 5.36. The Morgan fingerprint density at radius 2 is 2.08 bits per heavy atom. The molecular weight excluding hydrogens is 329 g/mol. The number of nitrogens with one attached hydrogen (secondary N) is 3. The number of aromatic nitrogens is 2. The van der Waals surface area contributed by atoms with E-state index in [0.29, 0.717) is 5.69 Å². The summed E-state index contributed by atoms with van der Waals surface area (Å²) in [4.78, 5) is 23.3. The quantitative estimate of drug-likeness (QED) is 0.743. The van der Waals surface area contributed by atoms with Gasteiger partial charge < -0.3 is 20.7 Å². The molecule has 0 saturated heterocycles. The number of amides is 3. The minimum absolute atomic E-state index is 0.0510. The lowest BCUT2D eigenvalue weighted by Gasteiger charge is -2.19. The number of nitrogens with zero attached hydrogens (tertiary/aromatic N) is 2. The smallest absolute Gasteiger partial charge is 0.319 e. The normalized spacial score (nSPS) is 11.7. The molecule has 2 rings (SSSR count). The topological polar surface area (TPSA) is 97.3 Å². The standard InChI is InChI=1S/C16H20FN5O3/c1-10(23)19-11-4-5-12(17)13(8-11)20-16(24)21-14(9-25-3)15-6-7-18-22(15)2/h4-8,14H,9H2,1-3H3,(H,19,23)(H2,20,21,24)/t14-/m1/s1. The van der Waals surface area contributed by atoms with Gasteiger partial charge in [0.05, 0.1) is 24.0 Å². The van der Waals surface area contributed by atoms with Gasteiger partial charge in [0.1, 0.15) is 5.82 Å². The van der Waals surface area contributed by atoms with Gasteiger partial charge in [0.25, 0.3) is 0 Å². The summed E-state index contributed by atoms with van der Waals surface area (Å²) in [6, 6.07) is 4.59. The van der Waals surface area contributed by atoms with Crippen molar-refractivity contribution in [1.29, 1.82) is 0 Å². The van der Waals surface area contributed by atoms with E-state index in [1.165, 1.54) is 26.2 Å². The minimum atomic E-state index is -0.618. The number of rotatable bonds is 6. The highest BCUT2D eigenvalue weighted by molar-refractivity contribution is 5.92. The summed E-state index contributed by atoms with van der Waals surface area (Å²) in [5, 5.41) is 11.7. The molecule has 1 aromatic carbocycles. The van der Waals surface area contributed by atoms with Gasteiger partial charge >= 0.3 is 6.03 Å². The van der Waals surface area contributed by atoms with Crippen molar-refractivity contribution in [2.24, 2.45) is 7.05 Å². The van der Waals surface area contributed by atoms with Gasteiger partial charge in [-0.25, -0.2) is 9.18 Å². The summed E-state index contributed by atoms with van der Waals surface area (Å²) in [6.45, 7) is 1.56. The van der Waals surface area contributed by atoms with E-state index in [-0.39, 0.29) is 18.2 Å². The Balaban J connectivity index is 2.10. The van der Waals surface area contributed by atoms with Gasteiger partial charge in [0.15, 0.2) is 0 Å². The number of carbonyl (C=O) groups is 2. The van der Waals surface area contributed by atoms with Crippen molar-refractivity contribution in [3.05, 3.63) is 42.0 Å². The van der Waals surface area contributed by atoms with E-state index >= 15 is 0 Å². The largest absolute Gasteiger partial charge is 0.382 e. The Morgan fingerprint density at radius 1 is 1.32 bits per heavy atom. The monoisotopic (exact) mass is 349 g/mol. The highest BCUT2D eigenvalue weighted by Crippen LogP contribution is 2.20. The van der Waals surface area contributed by atoms with Crippen molar-refractivity contribution >= 4 is 23.3 Å². The van der Waals surface area contributed by atoms with Gasteiger partial charge in [-0.05, 0) is 24.3 Å². The number of hydrogen-bond acceptors (Lipinski definition) is 4. The molecule has 0 radical (unpaired) electrons. The van der Waals surface area contributed by atoms with Crippen LogP contribution in [0.3, 0.4) is 0 Å². The van der Waals surface area contributed by atoms with Crippen LogP contribution in [0, 0.1) is 5.82 Å². The molecule has 2 aromatic rings. The maximum atomic E-state index is 13.9. The molecule has 3 amide bonds. The first-order chi connectivity index (χ1) is 11.9. The predicted octanol–water partition coefficient (Wildman–Crippen LogP) is 2.03. The highest BCUT2D eigenvalue weighted by atomic mass is 19.1. The Bertz CT molecular complexity index is 762. The highest BCUT2D eigenvalue weighted by Gasteiger charge is 2.18. The molecule has 134 valence electrons. The maximum Gasteiger partial charge on any atom is 0.319 e. The molecule has 25 heavy (non-hydrogen) atoms. The molecule has 0 aliphatic heterocycles. The van der Waals surface area contributed by atoms with Crippen molar-refractivity contribution in [1.82, 2.24) is 15.1 Å². The van der Waals surface area contributed by atoms with E-state index in [9.17, 15) is 14.0 Å². The van der Waals surface area contributed by atoms with Crippen molar-refractivity contribution in [2.75, 3.05) is 24.4 Å². The molecule has 8 nitrogen and oxygen atoms in total. The van der Waals surface area contributed by atoms with Gasteiger partial charge in [-0.2, -0.15) is 5.10 Å². The van der Waals surface area contributed by atoms with Crippen LogP contribution in [0.25, 0.3) is 0 Å². The summed E-state index contributed by atoms with van der Waals surface area (Å²) in [6.07, 6.45) is 1.61. The first-order valence-corrected chi connectivity index (χ1v) is 7.52. The van der Waals surface area contributed by atoms with Gasteiger partial charge in [-0.3, -0.25) is 9.48 Å². The molecule has 0 spiro atoms. The number of urea groups is 1. The van der Waals surface area contributed by atoms with E-state index < -0.39 is 17.9 Å². The van der Waals surface area contributed by atoms with Crippen molar-refractivity contribution in [3.8, 4) is 0 Å². The van der Waals surface area contributed by atoms with Crippen LogP contribution in [0.15, 0.2) is 30.5 Å². The van der Waals surface area contributed by atoms with Crippen LogP contribution in [0.1, 0.15) is 18.7 Å². The second-order valence-corrected chi connectivity index (χ2v) is 5.36. The van der Waals surface area contributed by atoms with Crippen molar-refractivity contribution in [3.63, 3.8) is 0 Å². The number of hydrogen-bond donors (Lipinski definition) is 3. The first-order valence-electron chi connectivity index (χ1n) is 7.52. The van der Waals surface area contributed by atoms with Crippen molar-refractivity contribution in [2.45, 2.75) is 13.0 Å². The Labute approximate surface area is 144 Å². The zero-order valence-electron chi connectivity index (χ0n) is 14.2. The molecule has 1 aromatic heterocycles. The predicted molar refractivity (Wildman–Crippen MR) is 90.7 cm³/mol. The van der Waals surface area contributed by atoms with Gasteiger partial charge in [-0.15, -0.1) is 0 Å². The number of carbonyl (C=O) groups excluding carboxylic acids is 2. The SMILES string of the molecule is COC[C@@H](NC(=O)Nc1cc(NC(C)=O)ccc1F)c1ccnn1C. The van der Waals surface area contributed by atoms with Gasteiger partial charge in [0, 0.05) is 33.0 Å². The number of methoxy groups -OCH3 is 1. The number of aryl methyl sites for hydroxylation is 1. The van der Waals surface area contributed by atoms with E-state index in [1.807, 2.05) is 0 Å². The number of ether oxygens (including phenoxy) is 1. The number of anilines is 2. The zero-order chi connectivity index (χ0) is 18.4. The first kappa shape index (κ1) is 18.4. The Kier molecular flexibility index (Phi) is 6.07. The molecule has 1 heterocycles. The van der Waals surface area contributed by atoms with Crippen molar-refractivity contribution < 1.29 is 18.7 Å². The Morgan fingerprint density at radius 3 is 2.68 bits per heavy atom. The van der Waals surface area contributed by atoms with E-state index in [2.05, 4.69) is 21.0 Å². The van der Waals surface area contributed by atoms with Gasteiger partial charge in [0.2, 0.25) is 5.91 Å². The third kappa shape index (κ3) is 5.01. The minimum Gasteiger partial charge on any atom is -0.382 e. The lowest BCUT2D eigenvalue weighted by Crippen LogP contribution is -2.36. The molecule has 1 atom stereocenters. The average Bonchev–Trinajstić information content (AvgIpc) is 2.95. The van der Waals surface area contributed by atoms with E-state index in [4.69, 9.17) is 4.74 Å². The van der Waals surface area contributed by atoms with Crippen LogP contribution in [0.4, 0.5) is 20.6 Å². The third-order valence-corrected chi connectivity index (χ3v) is 3.39. The lowest BCUT2D eigenvalue weighted by molar-refractivity contribution is -0.114. The molecule has 0 aliphatic carbocycles. The molecule has 3 N–H and O–H groups in total. The van der Waals surface area contributed by atoms with E-state index in [1.54, 1.807) is 24.0 Å². The summed E-state index contributed by atoms with van der Waals surface area (Å²) in [5.74, 6) is -0.911. The fourth-order valence-corrected chi connectivity index (χ4v) is 2.31. The average molecular weight is 349 g/mol. The second kappa shape index (κ2) is 8.25. The maximum absolute atomic E-state index is 13.9. The third-order valence-electron chi connectivity index (χ3n) is 3.39. The van der Waals surface area contributed by atoms with Gasteiger partial charge in [-0.1, -0.05) is 0 Å². The van der Waals surface area contributed by atoms with Crippen LogP contribution in [0.5, 0.6) is 0 Å². The number of benzene rings is 1. The van der Waals surface area contributed by atoms with Crippen LogP contribution in [-0.4, -0.2) is 35.4 Å². The fourth-order valence-electron chi connectivity index (χ4n) is 2.31. The molecule has 9 heteroatoms. The van der Waals surface area contributed by atoms with Crippen LogP contribution < -0.4 is 16.0 Å². The van der Waals surface area contributed by atoms with Crippen LogP contribution >= 0.6 is 0 Å². The molecular formula is C16H20FN5O3. The molecule has 0 fully saturated rings. The summed E-state index contributed by atoms with van der Waals surface area (Å²) in [7, 11) is 3.26.